The van der Waals surface area contributed by atoms with Gasteiger partial charge >= 0.3 is 0 Å². The summed E-state index contributed by atoms with van der Waals surface area (Å²) in [7, 11) is 0. The molecule has 1 aliphatic rings. The van der Waals surface area contributed by atoms with Crippen LogP contribution >= 0.6 is 11.6 Å². The Morgan fingerprint density at radius 2 is 2.00 bits per heavy atom. The number of nitrogens with one attached hydrogen (secondary N) is 1. The molecule has 3 rings (SSSR count). The second kappa shape index (κ2) is 8.52. The number of amides is 1. The molecule has 1 amide bonds. The van der Waals surface area contributed by atoms with E-state index in [0.717, 1.165) is 32.4 Å². The number of carbonyl (C=O) groups is 1. The molecule has 1 fully saturated rings. The minimum Gasteiger partial charge on any atom is -0.350 e. The normalized spacial score (nSPS) is 14.3. The lowest BCUT2D eigenvalue weighted by molar-refractivity contribution is -0.121. The van der Waals surface area contributed by atoms with Crippen LogP contribution in [0.15, 0.2) is 29.1 Å². The highest BCUT2D eigenvalue weighted by Crippen LogP contribution is 2.18. The van der Waals surface area contributed by atoms with Crippen LogP contribution in [-0.2, 0) is 17.9 Å². The predicted molar refractivity (Wildman–Crippen MR) is 103 cm³/mol. The van der Waals surface area contributed by atoms with Gasteiger partial charge in [-0.25, -0.2) is 9.37 Å². The highest BCUT2D eigenvalue weighted by Gasteiger charge is 2.19. The minimum atomic E-state index is -0.432. The fraction of sp³-hybridized carbons (Fsp3) is 0.421. The SMILES string of the molecule is Cc1cc(=O)n(CC(=O)NCc2ccc(F)cc2Cl)c(N2CCCCC2)n1. The number of nitrogens with zero attached hydrogens (tertiary/aromatic N) is 3. The van der Waals surface area contributed by atoms with Crippen molar-refractivity contribution in [3.63, 3.8) is 0 Å². The Morgan fingerprint density at radius 3 is 2.70 bits per heavy atom. The second-order valence-electron chi connectivity index (χ2n) is 6.68. The highest BCUT2D eigenvalue weighted by atomic mass is 35.5. The van der Waals surface area contributed by atoms with Crippen molar-refractivity contribution < 1.29 is 9.18 Å². The molecule has 1 aromatic heterocycles. The van der Waals surface area contributed by atoms with Gasteiger partial charge in [-0.3, -0.25) is 14.2 Å². The van der Waals surface area contributed by atoms with Crippen LogP contribution in [0.2, 0.25) is 5.02 Å². The van der Waals surface area contributed by atoms with Crippen LogP contribution in [0.1, 0.15) is 30.5 Å². The summed E-state index contributed by atoms with van der Waals surface area (Å²) in [5.74, 6) is -0.227. The van der Waals surface area contributed by atoms with Crippen LogP contribution in [0.4, 0.5) is 10.3 Å². The van der Waals surface area contributed by atoms with Crippen LogP contribution in [-0.4, -0.2) is 28.5 Å². The molecule has 0 atom stereocenters. The zero-order valence-electron chi connectivity index (χ0n) is 15.2. The number of anilines is 1. The van der Waals surface area contributed by atoms with E-state index < -0.39 is 5.82 Å². The molecule has 8 heteroatoms. The summed E-state index contributed by atoms with van der Waals surface area (Å²) >= 11 is 5.98. The molecule has 0 unspecified atom stereocenters. The third-order valence-electron chi connectivity index (χ3n) is 4.55. The second-order valence-corrected chi connectivity index (χ2v) is 7.09. The van der Waals surface area contributed by atoms with Gasteiger partial charge in [0.1, 0.15) is 12.4 Å². The average Bonchev–Trinajstić information content (AvgIpc) is 2.63. The summed E-state index contributed by atoms with van der Waals surface area (Å²) in [5, 5.41) is 2.98. The fourth-order valence-electron chi connectivity index (χ4n) is 3.15. The van der Waals surface area contributed by atoms with Crippen molar-refractivity contribution in [2.75, 3.05) is 18.0 Å². The first kappa shape index (κ1) is 19.4. The predicted octanol–water partition coefficient (Wildman–Crippen LogP) is 2.65. The summed E-state index contributed by atoms with van der Waals surface area (Å²) < 4.78 is 14.5. The van der Waals surface area contributed by atoms with Crippen molar-refractivity contribution >= 4 is 23.5 Å². The number of carbonyl (C=O) groups excluding carboxylic acids is 1. The van der Waals surface area contributed by atoms with E-state index in [1.807, 2.05) is 0 Å². The number of aromatic nitrogens is 2. The molecule has 0 aliphatic carbocycles. The first-order chi connectivity index (χ1) is 12.9. The topological polar surface area (TPSA) is 67.2 Å². The van der Waals surface area contributed by atoms with Crippen LogP contribution in [0.25, 0.3) is 0 Å². The summed E-state index contributed by atoms with van der Waals surface area (Å²) in [5.41, 5.74) is 0.991. The van der Waals surface area contributed by atoms with Gasteiger partial charge in [-0.2, -0.15) is 0 Å². The largest absolute Gasteiger partial charge is 0.350 e. The quantitative estimate of drug-likeness (QED) is 0.849. The molecule has 0 spiro atoms. The molecule has 1 aliphatic heterocycles. The van der Waals surface area contributed by atoms with Crippen LogP contribution in [0.3, 0.4) is 0 Å². The van der Waals surface area contributed by atoms with E-state index in [1.54, 1.807) is 6.92 Å². The van der Waals surface area contributed by atoms with Gasteiger partial charge in [0.25, 0.3) is 5.56 Å². The molecule has 0 saturated carbocycles. The van der Waals surface area contributed by atoms with Crippen molar-refractivity contribution in [1.29, 1.82) is 0 Å². The number of aryl methyl sites for hydroxylation is 1. The van der Waals surface area contributed by atoms with E-state index in [0.29, 0.717) is 17.2 Å². The van der Waals surface area contributed by atoms with Gasteiger partial charge in [0.05, 0.1) is 0 Å². The van der Waals surface area contributed by atoms with Gasteiger partial charge in [-0.05, 0) is 43.9 Å². The molecule has 1 saturated heterocycles. The number of hydrogen-bond acceptors (Lipinski definition) is 4. The number of hydrogen-bond donors (Lipinski definition) is 1. The molecule has 0 bridgehead atoms. The zero-order valence-corrected chi connectivity index (χ0v) is 15.9. The van der Waals surface area contributed by atoms with E-state index in [1.165, 1.54) is 28.8 Å². The maximum atomic E-state index is 13.1. The smallest absolute Gasteiger partial charge is 0.255 e. The van der Waals surface area contributed by atoms with E-state index in [2.05, 4.69) is 15.2 Å². The standard InChI is InChI=1S/C19H22ClFN4O2/c1-13-9-18(27)25(19(23-13)24-7-3-2-4-8-24)12-17(26)22-11-14-5-6-15(21)10-16(14)20/h5-6,9-10H,2-4,7-8,11-12H2,1H3,(H,22,26). The van der Waals surface area contributed by atoms with Gasteiger partial charge in [-0.15, -0.1) is 0 Å². The lowest BCUT2D eigenvalue weighted by Gasteiger charge is -2.29. The molecule has 144 valence electrons. The highest BCUT2D eigenvalue weighted by molar-refractivity contribution is 6.31. The van der Waals surface area contributed by atoms with Gasteiger partial charge in [0, 0.05) is 36.4 Å². The molecule has 2 heterocycles. The zero-order chi connectivity index (χ0) is 19.4. The Kier molecular flexibility index (Phi) is 6.11. The van der Waals surface area contributed by atoms with Gasteiger partial charge in [0.2, 0.25) is 11.9 Å². The molecule has 2 aromatic rings. The third kappa shape index (κ3) is 4.86. The van der Waals surface area contributed by atoms with E-state index in [9.17, 15) is 14.0 Å². The lowest BCUT2D eigenvalue weighted by Crippen LogP contribution is -2.39. The number of piperidine rings is 1. The van der Waals surface area contributed by atoms with Gasteiger partial charge in [0.15, 0.2) is 0 Å². The van der Waals surface area contributed by atoms with E-state index in [4.69, 9.17) is 11.6 Å². The summed E-state index contributed by atoms with van der Waals surface area (Å²) in [4.78, 5) is 31.4. The Hall–Kier alpha value is -2.41. The Labute approximate surface area is 162 Å². The number of benzene rings is 1. The van der Waals surface area contributed by atoms with E-state index >= 15 is 0 Å². The maximum absolute atomic E-state index is 13.1. The van der Waals surface area contributed by atoms with Gasteiger partial charge in [-0.1, -0.05) is 17.7 Å². The molecular formula is C19H22ClFN4O2. The fourth-order valence-corrected chi connectivity index (χ4v) is 3.38. The monoisotopic (exact) mass is 392 g/mol. The Balaban J connectivity index is 1.74. The molecule has 27 heavy (non-hydrogen) atoms. The van der Waals surface area contributed by atoms with E-state index in [-0.39, 0.29) is 29.6 Å². The summed E-state index contributed by atoms with van der Waals surface area (Å²) in [6, 6.07) is 5.44. The minimum absolute atomic E-state index is 0.128. The van der Waals surface area contributed by atoms with Crippen LogP contribution in [0, 0.1) is 12.7 Å². The first-order valence-electron chi connectivity index (χ1n) is 8.98. The molecule has 0 radical (unpaired) electrons. The van der Waals surface area contributed by atoms with Crippen molar-refractivity contribution in [1.82, 2.24) is 14.9 Å². The van der Waals surface area contributed by atoms with Crippen LogP contribution in [0.5, 0.6) is 0 Å². The number of rotatable bonds is 5. The average molecular weight is 393 g/mol. The third-order valence-corrected chi connectivity index (χ3v) is 4.90. The van der Waals surface area contributed by atoms with Crippen molar-refractivity contribution in [2.24, 2.45) is 0 Å². The molecule has 1 N–H and O–H groups in total. The maximum Gasteiger partial charge on any atom is 0.255 e. The Bertz CT molecular complexity index is 894. The molecule has 6 nitrogen and oxygen atoms in total. The summed E-state index contributed by atoms with van der Waals surface area (Å²) in [6.45, 7) is 3.45. The molecule has 1 aromatic carbocycles. The first-order valence-corrected chi connectivity index (χ1v) is 9.36. The lowest BCUT2D eigenvalue weighted by atomic mass is 10.1. The van der Waals surface area contributed by atoms with Crippen molar-refractivity contribution in [3.8, 4) is 0 Å². The number of halogens is 2. The summed E-state index contributed by atoms with van der Waals surface area (Å²) in [6.07, 6.45) is 3.24. The molecular weight excluding hydrogens is 371 g/mol. The van der Waals surface area contributed by atoms with Crippen LogP contribution < -0.4 is 15.8 Å². The Morgan fingerprint density at radius 1 is 1.26 bits per heavy atom. The van der Waals surface area contributed by atoms with Crippen molar-refractivity contribution in [2.45, 2.75) is 39.3 Å². The van der Waals surface area contributed by atoms with Gasteiger partial charge < -0.3 is 10.2 Å². The van der Waals surface area contributed by atoms with Crippen molar-refractivity contribution in [3.05, 3.63) is 56.7 Å².